The number of likely N-dealkylation sites (tertiary alicyclic amines) is 1. The first-order chi connectivity index (χ1) is 13.1. The Morgan fingerprint density at radius 2 is 1.74 bits per heavy atom. The number of hydrogen-bond acceptors (Lipinski definition) is 4. The van der Waals surface area contributed by atoms with Crippen LogP contribution >= 0.6 is 0 Å². The van der Waals surface area contributed by atoms with Crippen LogP contribution in [-0.4, -0.2) is 37.4 Å². The van der Waals surface area contributed by atoms with Gasteiger partial charge in [-0.2, -0.15) is 0 Å². The number of rotatable bonds is 5. The summed E-state index contributed by atoms with van der Waals surface area (Å²) in [5.41, 5.74) is 2.08. The molecule has 0 amide bonds. The average Bonchev–Trinajstić information content (AvgIpc) is 3.23. The zero-order valence-corrected chi connectivity index (χ0v) is 16.3. The molecule has 1 aromatic heterocycles. The number of aromatic nitrogens is 1. The lowest BCUT2D eigenvalue weighted by atomic mass is 10.0. The number of pyridine rings is 1. The van der Waals surface area contributed by atoms with Crippen molar-refractivity contribution < 1.29 is 8.42 Å². The first-order valence-corrected chi connectivity index (χ1v) is 11.0. The van der Waals surface area contributed by atoms with Crippen molar-refractivity contribution in [1.82, 2.24) is 9.88 Å². The smallest absolute Gasteiger partial charge is 0.208 e. The molecule has 1 atom stereocenters. The standard InChI is InChI=1S/C22H24N2O2S/c1-17(24-12-5-6-13-24)14-18-8-7-9-19-15-21(16-23-22(18)19)27(25,26)20-10-3-2-4-11-20/h2-4,7-11,15-17H,5-6,12-14H2,1H3. The van der Waals surface area contributed by atoms with E-state index in [2.05, 4.69) is 22.9 Å². The van der Waals surface area contributed by atoms with Gasteiger partial charge in [-0.3, -0.25) is 4.98 Å². The molecule has 27 heavy (non-hydrogen) atoms. The van der Waals surface area contributed by atoms with E-state index in [0.717, 1.165) is 17.3 Å². The van der Waals surface area contributed by atoms with E-state index in [-0.39, 0.29) is 4.90 Å². The van der Waals surface area contributed by atoms with Gasteiger partial charge in [-0.05, 0) is 63.0 Å². The molecule has 1 aliphatic heterocycles. The number of fused-ring (bicyclic) bond motifs is 1. The van der Waals surface area contributed by atoms with Crippen LogP contribution in [0.25, 0.3) is 10.9 Å². The van der Waals surface area contributed by atoms with Crippen molar-refractivity contribution in [2.75, 3.05) is 13.1 Å². The third-order valence-corrected chi connectivity index (χ3v) is 7.15. The Morgan fingerprint density at radius 1 is 1.00 bits per heavy atom. The number of para-hydroxylation sites is 1. The van der Waals surface area contributed by atoms with Crippen LogP contribution in [-0.2, 0) is 16.3 Å². The molecule has 3 aromatic rings. The number of benzene rings is 2. The molecular weight excluding hydrogens is 356 g/mol. The van der Waals surface area contributed by atoms with E-state index >= 15 is 0 Å². The molecule has 0 N–H and O–H groups in total. The van der Waals surface area contributed by atoms with Crippen molar-refractivity contribution in [3.63, 3.8) is 0 Å². The van der Waals surface area contributed by atoms with E-state index in [1.807, 2.05) is 18.2 Å². The summed E-state index contributed by atoms with van der Waals surface area (Å²) in [6, 6.07) is 16.8. The van der Waals surface area contributed by atoms with Crippen molar-refractivity contribution in [1.29, 1.82) is 0 Å². The second-order valence-corrected chi connectivity index (χ2v) is 9.22. The van der Waals surface area contributed by atoms with Crippen molar-refractivity contribution in [2.24, 2.45) is 0 Å². The van der Waals surface area contributed by atoms with Gasteiger partial charge in [0.25, 0.3) is 0 Å². The van der Waals surface area contributed by atoms with Crippen LogP contribution in [0.4, 0.5) is 0 Å². The average molecular weight is 381 g/mol. The molecule has 2 heterocycles. The Balaban J connectivity index is 1.68. The predicted molar refractivity (Wildman–Crippen MR) is 108 cm³/mol. The van der Waals surface area contributed by atoms with Crippen LogP contribution in [0.2, 0.25) is 0 Å². The van der Waals surface area contributed by atoms with Crippen molar-refractivity contribution >= 4 is 20.7 Å². The minimum Gasteiger partial charge on any atom is -0.300 e. The molecule has 1 aliphatic rings. The van der Waals surface area contributed by atoms with Gasteiger partial charge in [0.05, 0.1) is 15.3 Å². The van der Waals surface area contributed by atoms with Gasteiger partial charge in [-0.15, -0.1) is 0 Å². The van der Waals surface area contributed by atoms with Crippen LogP contribution in [0.1, 0.15) is 25.3 Å². The molecule has 5 heteroatoms. The SMILES string of the molecule is CC(Cc1cccc2cc(S(=O)(=O)c3ccccc3)cnc12)N1CCCC1. The predicted octanol–water partition coefficient (Wildman–Crippen LogP) is 4.09. The molecule has 4 nitrogen and oxygen atoms in total. The van der Waals surface area contributed by atoms with E-state index in [1.165, 1.54) is 37.7 Å². The van der Waals surface area contributed by atoms with E-state index in [4.69, 9.17) is 0 Å². The van der Waals surface area contributed by atoms with Gasteiger partial charge in [0.15, 0.2) is 0 Å². The summed E-state index contributed by atoms with van der Waals surface area (Å²) in [6.45, 7) is 4.59. The lowest BCUT2D eigenvalue weighted by Crippen LogP contribution is -2.31. The zero-order valence-electron chi connectivity index (χ0n) is 15.5. The summed E-state index contributed by atoms with van der Waals surface area (Å²) in [6.07, 6.45) is 4.97. The summed E-state index contributed by atoms with van der Waals surface area (Å²) in [5, 5.41) is 0.873. The fourth-order valence-corrected chi connectivity index (χ4v) is 5.14. The van der Waals surface area contributed by atoms with Gasteiger partial charge in [0.1, 0.15) is 0 Å². The molecule has 1 unspecified atom stereocenters. The molecule has 140 valence electrons. The molecule has 0 aliphatic carbocycles. The van der Waals surface area contributed by atoms with Crippen molar-refractivity contribution in [3.05, 3.63) is 66.4 Å². The molecule has 4 rings (SSSR count). The second kappa shape index (κ2) is 7.41. The highest BCUT2D eigenvalue weighted by atomic mass is 32.2. The molecule has 1 saturated heterocycles. The molecule has 0 spiro atoms. The van der Waals surface area contributed by atoms with Crippen molar-refractivity contribution in [2.45, 2.75) is 42.0 Å². The summed E-state index contributed by atoms with van der Waals surface area (Å²) in [7, 11) is -3.55. The first kappa shape index (κ1) is 18.1. The zero-order chi connectivity index (χ0) is 18.9. The highest BCUT2D eigenvalue weighted by Crippen LogP contribution is 2.26. The van der Waals surface area contributed by atoms with Crippen LogP contribution < -0.4 is 0 Å². The number of hydrogen-bond donors (Lipinski definition) is 0. The lowest BCUT2D eigenvalue weighted by molar-refractivity contribution is 0.258. The molecule has 0 saturated carbocycles. The summed E-state index contributed by atoms with van der Waals surface area (Å²) in [5.74, 6) is 0. The Kier molecular flexibility index (Phi) is 4.98. The maximum atomic E-state index is 12.9. The minimum absolute atomic E-state index is 0.242. The van der Waals surface area contributed by atoms with Crippen LogP contribution in [0.5, 0.6) is 0 Å². The quantitative estimate of drug-likeness (QED) is 0.669. The van der Waals surface area contributed by atoms with Crippen LogP contribution in [0, 0.1) is 0 Å². The van der Waals surface area contributed by atoms with Gasteiger partial charge in [0, 0.05) is 17.6 Å². The molecular formula is C22H24N2O2S. The monoisotopic (exact) mass is 380 g/mol. The topological polar surface area (TPSA) is 50.3 Å². The first-order valence-electron chi connectivity index (χ1n) is 9.47. The highest BCUT2D eigenvalue weighted by Gasteiger charge is 2.21. The van der Waals surface area contributed by atoms with Crippen LogP contribution in [0.3, 0.4) is 0 Å². The minimum atomic E-state index is -3.55. The fourth-order valence-electron chi connectivity index (χ4n) is 3.88. The maximum Gasteiger partial charge on any atom is 0.208 e. The van der Waals surface area contributed by atoms with E-state index < -0.39 is 9.84 Å². The molecule has 2 aromatic carbocycles. The number of sulfone groups is 1. The molecule has 0 radical (unpaired) electrons. The Morgan fingerprint density at radius 3 is 2.48 bits per heavy atom. The Labute approximate surface area is 160 Å². The number of nitrogens with zero attached hydrogens (tertiary/aromatic N) is 2. The largest absolute Gasteiger partial charge is 0.300 e. The van der Waals surface area contributed by atoms with Gasteiger partial charge < -0.3 is 4.90 Å². The third kappa shape index (κ3) is 3.62. The van der Waals surface area contributed by atoms with Gasteiger partial charge in [-0.25, -0.2) is 8.42 Å². The van der Waals surface area contributed by atoms with Crippen molar-refractivity contribution in [3.8, 4) is 0 Å². The Bertz CT molecular complexity index is 1040. The molecule has 0 bridgehead atoms. The van der Waals surface area contributed by atoms with E-state index in [1.54, 1.807) is 30.3 Å². The van der Waals surface area contributed by atoms with Gasteiger partial charge in [0.2, 0.25) is 9.84 Å². The van der Waals surface area contributed by atoms with Crippen LogP contribution in [0.15, 0.2) is 70.6 Å². The summed E-state index contributed by atoms with van der Waals surface area (Å²) in [4.78, 5) is 7.61. The summed E-state index contributed by atoms with van der Waals surface area (Å²) >= 11 is 0. The second-order valence-electron chi connectivity index (χ2n) is 7.27. The van der Waals surface area contributed by atoms with E-state index in [9.17, 15) is 8.42 Å². The third-order valence-electron chi connectivity index (χ3n) is 5.41. The lowest BCUT2D eigenvalue weighted by Gasteiger charge is -2.24. The maximum absolute atomic E-state index is 12.9. The fraction of sp³-hybridized carbons (Fsp3) is 0.318. The highest BCUT2D eigenvalue weighted by molar-refractivity contribution is 7.91. The summed E-state index contributed by atoms with van der Waals surface area (Å²) < 4.78 is 25.7. The van der Waals surface area contributed by atoms with Gasteiger partial charge in [-0.1, -0.05) is 36.4 Å². The Hall–Kier alpha value is -2.24. The normalized spacial score (nSPS) is 16.6. The van der Waals surface area contributed by atoms with Gasteiger partial charge >= 0.3 is 0 Å². The van der Waals surface area contributed by atoms with E-state index in [0.29, 0.717) is 10.9 Å². The molecule has 1 fully saturated rings.